The molecule has 33 heavy (non-hydrogen) atoms. The van der Waals surface area contributed by atoms with Gasteiger partial charge in [-0.05, 0) is 92.9 Å². The molecule has 2 saturated heterocycles. The van der Waals surface area contributed by atoms with Crippen LogP contribution in [0.5, 0.6) is 0 Å². The lowest BCUT2D eigenvalue weighted by atomic mass is 9.95. The van der Waals surface area contributed by atoms with Crippen molar-refractivity contribution in [3.63, 3.8) is 0 Å². The fourth-order valence-corrected chi connectivity index (χ4v) is 5.17. The van der Waals surface area contributed by atoms with Gasteiger partial charge in [0.25, 0.3) is 0 Å². The van der Waals surface area contributed by atoms with Crippen molar-refractivity contribution in [3.05, 3.63) is 48.0 Å². The van der Waals surface area contributed by atoms with Crippen molar-refractivity contribution < 1.29 is 9.53 Å². The van der Waals surface area contributed by atoms with E-state index in [-0.39, 0.29) is 5.91 Å². The first-order valence-electron chi connectivity index (χ1n) is 13.0. The van der Waals surface area contributed by atoms with Crippen LogP contribution in [0.2, 0.25) is 0 Å². The molecule has 0 bridgehead atoms. The number of unbranched alkanes of at least 4 members (excludes halogenated alkanes) is 1. The van der Waals surface area contributed by atoms with Crippen LogP contribution >= 0.6 is 0 Å². The zero-order chi connectivity index (χ0) is 22.7. The molecule has 0 spiro atoms. The summed E-state index contributed by atoms with van der Waals surface area (Å²) < 4.78 is 5.42. The van der Waals surface area contributed by atoms with Gasteiger partial charge in [-0.1, -0.05) is 42.5 Å². The number of benzene rings is 2. The van der Waals surface area contributed by atoms with Crippen LogP contribution in [-0.2, 0) is 16.0 Å². The van der Waals surface area contributed by atoms with Gasteiger partial charge in [-0.25, -0.2) is 0 Å². The van der Waals surface area contributed by atoms with Gasteiger partial charge in [0.05, 0.1) is 6.42 Å². The van der Waals surface area contributed by atoms with Crippen molar-refractivity contribution in [2.75, 3.05) is 52.5 Å². The first kappa shape index (κ1) is 24.2. The maximum absolute atomic E-state index is 12.9. The third kappa shape index (κ3) is 7.53. The van der Waals surface area contributed by atoms with Crippen LogP contribution in [0, 0.1) is 11.8 Å². The van der Waals surface area contributed by atoms with E-state index in [1.165, 1.54) is 36.5 Å². The minimum atomic E-state index is 0.269. The number of likely N-dealkylation sites (tertiary alicyclic amines) is 1. The topological polar surface area (TPSA) is 53.6 Å². The summed E-state index contributed by atoms with van der Waals surface area (Å²) in [6.45, 7) is 8.12. The number of nitrogens with one attached hydrogen (secondary N) is 2. The second-order valence-electron chi connectivity index (χ2n) is 9.81. The summed E-state index contributed by atoms with van der Waals surface area (Å²) in [5.41, 5.74) is 1.14. The number of rotatable bonds is 11. The molecule has 0 atom stereocenters. The smallest absolute Gasteiger partial charge is 0.227 e. The summed E-state index contributed by atoms with van der Waals surface area (Å²) in [5, 5.41) is 9.68. The Morgan fingerprint density at radius 2 is 1.48 bits per heavy atom. The molecule has 2 aromatic carbocycles. The zero-order valence-electron chi connectivity index (χ0n) is 20.1. The van der Waals surface area contributed by atoms with Crippen LogP contribution in [0.25, 0.3) is 10.8 Å². The normalized spacial score (nSPS) is 18.1. The van der Waals surface area contributed by atoms with Crippen molar-refractivity contribution >= 4 is 16.7 Å². The van der Waals surface area contributed by atoms with E-state index < -0.39 is 0 Å². The summed E-state index contributed by atoms with van der Waals surface area (Å²) in [5.74, 6) is 1.77. The van der Waals surface area contributed by atoms with Crippen LogP contribution in [0.3, 0.4) is 0 Å². The number of carbonyl (C=O) groups excluding carboxylic acids is 1. The van der Waals surface area contributed by atoms with Crippen molar-refractivity contribution in [3.8, 4) is 0 Å². The summed E-state index contributed by atoms with van der Waals surface area (Å²) in [4.78, 5) is 15.0. The quantitative estimate of drug-likeness (QED) is 0.507. The summed E-state index contributed by atoms with van der Waals surface area (Å²) in [7, 11) is 0. The van der Waals surface area contributed by atoms with E-state index in [1.54, 1.807) is 0 Å². The molecule has 2 heterocycles. The zero-order valence-corrected chi connectivity index (χ0v) is 20.1. The Bertz CT molecular complexity index is 852. The number of fused-ring (bicyclic) bond motifs is 1. The monoisotopic (exact) mass is 451 g/mol. The summed E-state index contributed by atoms with van der Waals surface area (Å²) in [6.07, 6.45) is 7.61. The number of hydrogen-bond donors (Lipinski definition) is 2. The van der Waals surface area contributed by atoms with Crippen molar-refractivity contribution in [1.82, 2.24) is 15.5 Å². The highest BCUT2D eigenvalue weighted by Crippen LogP contribution is 2.21. The molecule has 0 saturated carbocycles. The lowest BCUT2D eigenvalue weighted by molar-refractivity contribution is -0.131. The molecule has 2 fully saturated rings. The molecule has 2 aliphatic heterocycles. The molecule has 2 N–H and O–H groups in total. The summed E-state index contributed by atoms with van der Waals surface area (Å²) >= 11 is 0. The number of piperidine rings is 1. The maximum Gasteiger partial charge on any atom is 0.227 e. The van der Waals surface area contributed by atoms with Gasteiger partial charge < -0.3 is 20.3 Å². The molecule has 1 amide bonds. The lowest BCUT2D eigenvalue weighted by Crippen LogP contribution is -2.41. The molecule has 5 nitrogen and oxygen atoms in total. The molecule has 2 aliphatic rings. The number of carbonyl (C=O) groups is 1. The lowest BCUT2D eigenvalue weighted by Gasteiger charge is -2.32. The third-order valence-electron chi connectivity index (χ3n) is 7.35. The maximum atomic E-state index is 12.9. The van der Waals surface area contributed by atoms with Crippen LogP contribution in [0.1, 0.15) is 44.1 Å². The van der Waals surface area contributed by atoms with E-state index in [9.17, 15) is 4.79 Å². The van der Waals surface area contributed by atoms with E-state index in [1.807, 2.05) is 0 Å². The minimum absolute atomic E-state index is 0.269. The second kappa shape index (κ2) is 13.1. The summed E-state index contributed by atoms with van der Waals surface area (Å²) in [6, 6.07) is 14.6. The van der Waals surface area contributed by atoms with E-state index in [0.717, 1.165) is 76.8 Å². The van der Waals surface area contributed by atoms with E-state index in [4.69, 9.17) is 4.74 Å². The highest BCUT2D eigenvalue weighted by atomic mass is 16.5. The minimum Gasteiger partial charge on any atom is -0.381 e. The first-order valence-corrected chi connectivity index (χ1v) is 13.0. The fourth-order valence-electron chi connectivity index (χ4n) is 5.17. The highest BCUT2D eigenvalue weighted by molar-refractivity contribution is 5.90. The Labute approximate surface area is 199 Å². The molecule has 4 rings (SSSR count). The standard InChI is InChI=1S/C28H41N3O2/c32-28(20-26-8-5-7-25-6-1-2-9-27(25)26)31-16-10-23(11-17-31)21-29-14-3-4-15-30-22-24-12-18-33-19-13-24/h1-2,5-9,23-24,29-30H,3-4,10-22H2. The first-order chi connectivity index (χ1) is 16.3. The molecular weight excluding hydrogens is 410 g/mol. The SMILES string of the molecule is O=C(Cc1cccc2ccccc12)N1CCC(CNCCCCNCC2CCOCC2)CC1. The Hall–Kier alpha value is -1.95. The van der Waals surface area contributed by atoms with Gasteiger partial charge in [0.2, 0.25) is 5.91 Å². The van der Waals surface area contributed by atoms with Crippen LogP contribution in [0.15, 0.2) is 42.5 Å². The van der Waals surface area contributed by atoms with Gasteiger partial charge in [-0.2, -0.15) is 0 Å². The largest absolute Gasteiger partial charge is 0.381 e. The van der Waals surface area contributed by atoms with E-state index in [2.05, 4.69) is 58.0 Å². The Kier molecular flexibility index (Phi) is 9.58. The molecule has 0 radical (unpaired) electrons. The van der Waals surface area contributed by atoms with Crippen LogP contribution in [0.4, 0.5) is 0 Å². The Morgan fingerprint density at radius 3 is 2.21 bits per heavy atom. The van der Waals surface area contributed by atoms with Gasteiger partial charge in [0.15, 0.2) is 0 Å². The van der Waals surface area contributed by atoms with Crippen LogP contribution in [-0.4, -0.2) is 63.3 Å². The molecule has 2 aromatic rings. The average Bonchev–Trinajstić information content (AvgIpc) is 2.87. The molecule has 180 valence electrons. The Morgan fingerprint density at radius 1 is 0.848 bits per heavy atom. The third-order valence-corrected chi connectivity index (χ3v) is 7.35. The molecule has 0 aromatic heterocycles. The van der Waals surface area contributed by atoms with Crippen LogP contribution < -0.4 is 10.6 Å². The molecular formula is C28H41N3O2. The Balaban J connectivity index is 1.06. The van der Waals surface area contributed by atoms with Gasteiger partial charge in [-0.15, -0.1) is 0 Å². The average molecular weight is 452 g/mol. The second-order valence-corrected chi connectivity index (χ2v) is 9.81. The van der Waals surface area contributed by atoms with Gasteiger partial charge >= 0.3 is 0 Å². The fraction of sp³-hybridized carbons (Fsp3) is 0.607. The predicted molar refractivity (Wildman–Crippen MR) is 135 cm³/mol. The van der Waals surface area contributed by atoms with Gasteiger partial charge in [-0.3, -0.25) is 4.79 Å². The van der Waals surface area contributed by atoms with Gasteiger partial charge in [0.1, 0.15) is 0 Å². The van der Waals surface area contributed by atoms with Crippen molar-refractivity contribution in [2.24, 2.45) is 11.8 Å². The molecule has 0 aliphatic carbocycles. The highest BCUT2D eigenvalue weighted by Gasteiger charge is 2.23. The number of hydrogen-bond acceptors (Lipinski definition) is 4. The predicted octanol–water partition coefficient (Wildman–Crippen LogP) is 4.01. The van der Waals surface area contributed by atoms with Crippen molar-refractivity contribution in [2.45, 2.75) is 44.9 Å². The van der Waals surface area contributed by atoms with Gasteiger partial charge in [0, 0.05) is 26.3 Å². The van der Waals surface area contributed by atoms with E-state index >= 15 is 0 Å². The molecule has 0 unspecified atom stereocenters. The number of nitrogens with zero attached hydrogens (tertiary/aromatic N) is 1. The number of ether oxygens (including phenoxy) is 1. The molecule has 5 heteroatoms. The van der Waals surface area contributed by atoms with Crippen molar-refractivity contribution in [1.29, 1.82) is 0 Å². The van der Waals surface area contributed by atoms with E-state index in [0.29, 0.717) is 12.3 Å². The number of amides is 1.